The smallest absolute Gasteiger partial charge is 0.248 e. The third-order valence-electron chi connectivity index (χ3n) is 3.01. The van der Waals surface area contributed by atoms with Gasteiger partial charge >= 0.3 is 0 Å². The second-order valence-electron chi connectivity index (χ2n) is 5.17. The SMILES string of the molecule is Cn1cc(CN2CCC(=O)NC(C)(C)C2=O)cn1. The average Bonchev–Trinajstić information content (AvgIpc) is 2.64. The Hall–Kier alpha value is -1.85. The van der Waals surface area contributed by atoms with Gasteiger partial charge in [0.15, 0.2) is 0 Å². The lowest BCUT2D eigenvalue weighted by Crippen LogP contribution is -2.52. The fourth-order valence-electron chi connectivity index (χ4n) is 2.12. The van der Waals surface area contributed by atoms with E-state index in [-0.39, 0.29) is 11.8 Å². The standard InChI is InChI=1S/C12H18N4O2/c1-12(2)11(18)16(5-4-10(17)14-12)8-9-6-13-15(3)7-9/h6-7H,4-5,8H2,1-3H3,(H,14,17). The molecule has 1 aliphatic rings. The van der Waals surface area contributed by atoms with Gasteiger partial charge in [0.1, 0.15) is 5.54 Å². The molecule has 2 rings (SSSR count). The first kappa shape index (κ1) is 12.6. The molecule has 2 heterocycles. The van der Waals surface area contributed by atoms with Crippen LogP contribution in [0.3, 0.4) is 0 Å². The van der Waals surface area contributed by atoms with Crippen LogP contribution in [0.4, 0.5) is 0 Å². The van der Waals surface area contributed by atoms with Crippen LogP contribution in [0.5, 0.6) is 0 Å². The molecule has 0 spiro atoms. The first-order valence-electron chi connectivity index (χ1n) is 5.96. The molecule has 18 heavy (non-hydrogen) atoms. The largest absolute Gasteiger partial charge is 0.342 e. The van der Waals surface area contributed by atoms with Crippen molar-refractivity contribution in [3.63, 3.8) is 0 Å². The van der Waals surface area contributed by atoms with Crippen LogP contribution >= 0.6 is 0 Å². The number of hydrogen-bond acceptors (Lipinski definition) is 3. The Morgan fingerprint density at radius 3 is 2.78 bits per heavy atom. The number of carbonyl (C=O) groups excluding carboxylic acids is 2. The van der Waals surface area contributed by atoms with Gasteiger partial charge in [-0.1, -0.05) is 0 Å². The molecule has 1 aromatic rings. The minimum Gasteiger partial charge on any atom is -0.342 e. The Balaban J connectivity index is 2.16. The third-order valence-corrected chi connectivity index (χ3v) is 3.01. The summed E-state index contributed by atoms with van der Waals surface area (Å²) in [5.74, 6) is -0.140. The maximum Gasteiger partial charge on any atom is 0.248 e. The first-order chi connectivity index (χ1) is 8.38. The van der Waals surface area contributed by atoms with Crippen LogP contribution in [-0.4, -0.2) is 38.6 Å². The Morgan fingerprint density at radius 1 is 1.44 bits per heavy atom. The summed E-state index contributed by atoms with van der Waals surface area (Å²) in [6.07, 6.45) is 3.95. The number of aryl methyl sites for hydroxylation is 1. The summed E-state index contributed by atoms with van der Waals surface area (Å²) in [4.78, 5) is 25.6. The van der Waals surface area contributed by atoms with Crippen molar-refractivity contribution in [3.8, 4) is 0 Å². The van der Waals surface area contributed by atoms with Crippen molar-refractivity contribution in [2.24, 2.45) is 7.05 Å². The Labute approximate surface area is 106 Å². The molecular weight excluding hydrogens is 232 g/mol. The molecule has 0 bridgehead atoms. The van der Waals surface area contributed by atoms with Crippen molar-refractivity contribution in [1.29, 1.82) is 0 Å². The van der Waals surface area contributed by atoms with Crippen LogP contribution in [0.25, 0.3) is 0 Å². The molecule has 1 fully saturated rings. The van der Waals surface area contributed by atoms with Crippen LogP contribution in [-0.2, 0) is 23.2 Å². The number of rotatable bonds is 2. The van der Waals surface area contributed by atoms with Gasteiger partial charge in [-0.3, -0.25) is 14.3 Å². The van der Waals surface area contributed by atoms with E-state index in [0.717, 1.165) is 5.56 Å². The Kier molecular flexibility index (Phi) is 3.11. The van der Waals surface area contributed by atoms with Gasteiger partial charge in [-0.05, 0) is 13.8 Å². The highest BCUT2D eigenvalue weighted by molar-refractivity contribution is 5.92. The van der Waals surface area contributed by atoms with Crippen molar-refractivity contribution < 1.29 is 9.59 Å². The van der Waals surface area contributed by atoms with Gasteiger partial charge in [-0.25, -0.2) is 0 Å². The van der Waals surface area contributed by atoms with Crippen LogP contribution in [0.2, 0.25) is 0 Å². The fourth-order valence-corrected chi connectivity index (χ4v) is 2.12. The molecule has 0 aromatic carbocycles. The van der Waals surface area contributed by atoms with E-state index in [2.05, 4.69) is 10.4 Å². The minimum atomic E-state index is -0.838. The number of hydrogen-bond donors (Lipinski definition) is 1. The normalized spacial score (nSPS) is 19.6. The molecule has 98 valence electrons. The minimum absolute atomic E-state index is 0.0581. The quantitative estimate of drug-likeness (QED) is 0.806. The van der Waals surface area contributed by atoms with E-state index in [1.165, 1.54) is 0 Å². The summed E-state index contributed by atoms with van der Waals surface area (Å²) in [5.41, 5.74) is 0.131. The first-order valence-corrected chi connectivity index (χ1v) is 5.96. The summed E-state index contributed by atoms with van der Waals surface area (Å²) in [6.45, 7) is 4.40. The topological polar surface area (TPSA) is 67.2 Å². The molecule has 0 radical (unpaired) electrons. The summed E-state index contributed by atoms with van der Waals surface area (Å²) in [7, 11) is 1.84. The molecule has 6 heteroatoms. The Bertz CT molecular complexity index is 478. The number of nitrogens with one attached hydrogen (secondary N) is 1. The summed E-state index contributed by atoms with van der Waals surface area (Å²) in [6, 6.07) is 0. The summed E-state index contributed by atoms with van der Waals surface area (Å²) < 4.78 is 1.70. The molecule has 1 aromatic heterocycles. The number of carbonyl (C=O) groups is 2. The van der Waals surface area contributed by atoms with E-state index < -0.39 is 5.54 Å². The van der Waals surface area contributed by atoms with E-state index in [1.807, 2.05) is 13.2 Å². The molecule has 1 saturated heterocycles. The maximum absolute atomic E-state index is 12.3. The van der Waals surface area contributed by atoms with E-state index in [0.29, 0.717) is 19.5 Å². The van der Waals surface area contributed by atoms with E-state index in [4.69, 9.17) is 0 Å². The number of aromatic nitrogens is 2. The van der Waals surface area contributed by atoms with Crippen molar-refractivity contribution in [1.82, 2.24) is 20.0 Å². The van der Waals surface area contributed by atoms with E-state index >= 15 is 0 Å². The molecule has 0 saturated carbocycles. The van der Waals surface area contributed by atoms with Crippen LogP contribution in [0.1, 0.15) is 25.8 Å². The lowest BCUT2D eigenvalue weighted by atomic mass is 10.0. The van der Waals surface area contributed by atoms with Gasteiger partial charge in [0, 0.05) is 38.3 Å². The van der Waals surface area contributed by atoms with Gasteiger partial charge in [0.05, 0.1) is 6.20 Å². The molecule has 6 nitrogen and oxygen atoms in total. The zero-order valence-electron chi connectivity index (χ0n) is 10.9. The highest BCUT2D eigenvalue weighted by Gasteiger charge is 2.36. The van der Waals surface area contributed by atoms with Crippen LogP contribution < -0.4 is 5.32 Å². The lowest BCUT2D eigenvalue weighted by molar-refractivity contribution is -0.137. The maximum atomic E-state index is 12.3. The van der Waals surface area contributed by atoms with Gasteiger partial charge in [0.2, 0.25) is 11.8 Å². The fraction of sp³-hybridized carbons (Fsp3) is 0.583. The van der Waals surface area contributed by atoms with Crippen molar-refractivity contribution in [2.45, 2.75) is 32.4 Å². The van der Waals surface area contributed by atoms with Crippen molar-refractivity contribution in [2.75, 3.05) is 6.54 Å². The second-order valence-corrected chi connectivity index (χ2v) is 5.17. The molecule has 0 atom stereocenters. The highest BCUT2D eigenvalue weighted by Crippen LogP contribution is 2.15. The Morgan fingerprint density at radius 2 is 2.17 bits per heavy atom. The van der Waals surface area contributed by atoms with Crippen molar-refractivity contribution in [3.05, 3.63) is 18.0 Å². The predicted molar refractivity (Wildman–Crippen MR) is 65.5 cm³/mol. The average molecular weight is 250 g/mol. The summed E-state index contributed by atoms with van der Waals surface area (Å²) in [5, 5.41) is 6.82. The highest BCUT2D eigenvalue weighted by atomic mass is 16.2. The third kappa shape index (κ3) is 2.52. The molecular formula is C12H18N4O2. The molecule has 0 aliphatic carbocycles. The molecule has 2 amide bonds. The zero-order valence-corrected chi connectivity index (χ0v) is 10.9. The van der Waals surface area contributed by atoms with Crippen LogP contribution in [0.15, 0.2) is 12.4 Å². The molecule has 1 aliphatic heterocycles. The van der Waals surface area contributed by atoms with E-state index in [9.17, 15) is 9.59 Å². The second kappa shape index (κ2) is 4.44. The molecule has 0 unspecified atom stereocenters. The van der Waals surface area contributed by atoms with Gasteiger partial charge < -0.3 is 10.2 Å². The van der Waals surface area contributed by atoms with Gasteiger partial charge in [-0.2, -0.15) is 5.10 Å². The van der Waals surface area contributed by atoms with Crippen molar-refractivity contribution >= 4 is 11.8 Å². The number of nitrogens with zero attached hydrogens (tertiary/aromatic N) is 3. The zero-order chi connectivity index (χ0) is 13.3. The van der Waals surface area contributed by atoms with E-state index in [1.54, 1.807) is 29.6 Å². The van der Waals surface area contributed by atoms with Gasteiger partial charge in [-0.15, -0.1) is 0 Å². The number of amides is 2. The van der Waals surface area contributed by atoms with Crippen LogP contribution in [0, 0.1) is 0 Å². The lowest BCUT2D eigenvalue weighted by Gasteiger charge is -2.28. The summed E-state index contributed by atoms with van der Waals surface area (Å²) >= 11 is 0. The van der Waals surface area contributed by atoms with Gasteiger partial charge in [0.25, 0.3) is 0 Å². The predicted octanol–water partition coefficient (Wildman–Crippen LogP) is 0.0472. The monoisotopic (exact) mass is 250 g/mol. The molecule has 1 N–H and O–H groups in total.